The fraction of sp³-hybridized carbons (Fsp3) is 0.846. The Morgan fingerprint density at radius 3 is 2.67 bits per heavy atom. The van der Waals surface area contributed by atoms with Gasteiger partial charge in [-0.3, -0.25) is 9.59 Å². The molecular weight excluding hydrogens is 232 g/mol. The Hall–Kier alpha value is -1.10. The summed E-state index contributed by atoms with van der Waals surface area (Å²) in [6.45, 7) is 5.31. The quantitative estimate of drug-likeness (QED) is 0.771. The van der Waals surface area contributed by atoms with Crippen LogP contribution in [0.15, 0.2) is 0 Å². The average Bonchev–Trinajstić information content (AvgIpc) is 2.38. The lowest BCUT2D eigenvalue weighted by Gasteiger charge is -2.39. The average molecular weight is 256 g/mol. The zero-order valence-corrected chi connectivity index (χ0v) is 11.3. The molecule has 0 spiro atoms. The molecule has 1 rings (SSSR count). The van der Waals surface area contributed by atoms with Gasteiger partial charge in [0.05, 0.1) is 5.41 Å². The number of hydrogen-bond acceptors (Lipinski definition) is 3. The van der Waals surface area contributed by atoms with Crippen molar-refractivity contribution in [2.24, 2.45) is 17.1 Å². The largest absolute Gasteiger partial charge is 0.481 e. The Morgan fingerprint density at radius 1 is 1.50 bits per heavy atom. The van der Waals surface area contributed by atoms with Crippen molar-refractivity contribution in [3.8, 4) is 0 Å². The number of carbonyl (C=O) groups is 2. The number of piperidine rings is 1. The second-order valence-corrected chi connectivity index (χ2v) is 5.40. The van der Waals surface area contributed by atoms with Crippen LogP contribution in [0.2, 0.25) is 0 Å². The minimum atomic E-state index is -0.783. The van der Waals surface area contributed by atoms with Gasteiger partial charge in [0, 0.05) is 19.5 Å². The molecule has 1 saturated heterocycles. The van der Waals surface area contributed by atoms with Gasteiger partial charge < -0.3 is 15.7 Å². The van der Waals surface area contributed by atoms with E-state index in [1.54, 1.807) is 4.90 Å². The van der Waals surface area contributed by atoms with Crippen LogP contribution in [-0.4, -0.2) is 41.5 Å². The van der Waals surface area contributed by atoms with Crippen LogP contribution in [0.5, 0.6) is 0 Å². The van der Waals surface area contributed by atoms with E-state index in [0.29, 0.717) is 38.9 Å². The number of hydrogen-bond donors (Lipinski definition) is 2. The molecule has 0 aromatic rings. The Morgan fingerprint density at radius 2 is 2.17 bits per heavy atom. The van der Waals surface area contributed by atoms with Crippen LogP contribution >= 0.6 is 0 Å². The third-order valence-electron chi connectivity index (χ3n) is 3.99. The predicted octanol–water partition coefficient (Wildman–Crippen LogP) is 1.07. The number of rotatable bonds is 5. The van der Waals surface area contributed by atoms with Crippen LogP contribution in [0.1, 0.15) is 39.5 Å². The summed E-state index contributed by atoms with van der Waals surface area (Å²) in [5.41, 5.74) is 4.76. The van der Waals surface area contributed by atoms with Crippen molar-refractivity contribution >= 4 is 11.9 Å². The molecule has 0 bridgehead atoms. The van der Waals surface area contributed by atoms with Crippen molar-refractivity contribution in [2.75, 3.05) is 19.6 Å². The molecule has 0 radical (unpaired) electrons. The predicted molar refractivity (Wildman–Crippen MR) is 69.0 cm³/mol. The van der Waals surface area contributed by atoms with Crippen LogP contribution in [0.4, 0.5) is 0 Å². The molecule has 0 aromatic carbocycles. The highest BCUT2D eigenvalue weighted by molar-refractivity contribution is 5.79. The van der Waals surface area contributed by atoms with Crippen molar-refractivity contribution < 1.29 is 14.7 Å². The zero-order valence-electron chi connectivity index (χ0n) is 11.3. The van der Waals surface area contributed by atoms with Gasteiger partial charge in [-0.15, -0.1) is 0 Å². The molecule has 0 aromatic heterocycles. The molecule has 1 amide bonds. The van der Waals surface area contributed by atoms with Gasteiger partial charge in [0.2, 0.25) is 5.91 Å². The molecule has 104 valence electrons. The lowest BCUT2D eigenvalue weighted by Crippen LogP contribution is -2.50. The van der Waals surface area contributed by atoms with Crippen molar-refractivity contribution in [3.05, 3.63) is 0 Å². The smallest absolute Gasteiger partial charge is 0.311 e. The number of aliphatic carboxylic acids is 1. The van der Waals surface area contributed by atoms with E-state index in [1.165, 1.54) is 0 Å². The number of likely N-dealkylation sites (tertiary alicyclic amines) is 1. The Balaban J connectivity index is 2.68. The van der Waals surface area contributed by atoms with Gasteiger partial charge in [0.25, 0.3) is 0 Å². The molecule has 0 aliphatic carbocycles. The number of nitrogens with two attached hydrogens (primary N) is 1. The standard InChI is InChI=1S/C13H24N2O3/c1-3-13(12(17)18)5-4-6-15(9-13)11(16)7-10(2)8-14/h10H,3-9,14H2,1-2H3,(H,17,18). The van der Waals surface area contributed by atoms with Crippen LogP contribution in [-0.2, 0) is 9.59 Å². The first-order valence-electron chi connectivity index (χ1n) is 6.66. The number of carboxylic acid groups (broad SMARTS) is 1. The normalized spacial score (nSPS) is 25.8. The molecule has 0 saturated carbocycles. The van der Waals surface area contributed by atoms with Gasteiger partial charge in [-0.05, 0) is 31.7 Å². The number of amides is 1. The molecule has 2 atom stereocenters. The summed E-state index contributed by atoms with van der Waals surface area (Å²) in [7, 11) is 0. The van der Waals surface area contributed by atoms with E-state index in [9.17, 15) is 14.7 Å². The van der Waals surface area contributed by atoms with Crippen molar-refractivity contribution in [1.29, 1.82) is 0 Å². The summed E-state index contributed by atoms with van der Waals surface area (Å²) in [5.74, 6) is -0.596. The molecule has 3 N–H and O–H groups in total. The highest BCUT2D eigenvalue weighted by Crippen LogP contribution is 2.34. The third kappa shape index (κ3) is 3.22. The summed E-state index contributed by atoms with van der Waals surface area (Å²) >= 11 is 0. The topological polar surface area (TPSA) is 83.6 Å². The van der Waals surface area contributed by atoms with Crippen LogP contribution < -0.4 is 5.73 Å². The van der Waals surface area contributed by atoms with E-state index in [-0.39, 0.29) is 11.8 Å². The molecule has 1 aliphatic heterocycles. The monoisotopic (exact) mass is 256 g/mol. The maximum absolute atomic E-state index is 12.1. The molecule has 1 fully saturated rings. The molecule has 5 heteroatoms. The second kappa shape index (κ2) is 6.18. The van der Waals surface area contributed by atoms with Gasteiger partial charge in [-0.1, -0.05) is 13.8 Å². The maximum Gasteiger partial charge on any atom is 0.311 e. The van der Waals surface area contributed by atoms with Crippen LogP contribution in [0.25, 0.3) is 0 Å². The first-order chi connectivity index (χ1) is 8.45. The Labute approximate surface area is 108 Å². The van der Waals surface area contributed by atoms with Gasteiger partial charge in [-0.2, -0.15) is 0 Å². The molecule has 18 heavy (non-hydrogen) atoms. The van der Waals surface area contributed by atoms with E-state index in [1.807, 2.05) is 13.8 Å². The highest BCUT2D eigenvalue weighted by atomic mass is 16.4. The van der Waals surface area contributed by atoms with E-state index in [4.69, 9.17) is 5.73 Å². The molecular formula is C13H24N2O3. The van der Waals surface area contributed by atoms with Crippen molar-refractivity contribution in [1.82, 2.24) is 4.90 Å². The Kier molecular flexibility index (Phi) is 5.14. The van der Waals surface area contributed by atoms with Crippen molar-refractivity contribution in [3.63, 3.8) is 0 Å². The van der Waals surface area contributed by atoms with Gasteiger partial charge >= 0.3 is 5.97 Å². The van der Waals surface area contributed by atoms with Crippen LogP contribution in [0, 0.1) is 11.3 Å². The maximum atomic E-state index is 12.1. The summed E-state index contributed by atoms with van der Waals surface area (Å²) in [6.07, 6.45) is 2.41. The first kappa shape index (κ1) is 15.0. The summed E-state index contributed by atoms with van der Waals surface area (Å²) < 4.78 is 0. The fourth-order valence-electron chi connectivity index (χ4n) is 2.47. The fourth-order valence-corrected chi connectivity index (χ4v) is 2.47. The van der Waals surface area contributed by atoms with E-state index < -0.39 is 11.4 Å². The van der Waals surface area contributed by atoms with Crippen molar-refractivity contribution in [2.45, 2.75) is 39.5 Å². The lowest BCUT2D eigenvalue weighted by atomic mass is 9.77. The summed E-state index contributed by atoms with van der Waals surface area (Å²) in [4.78, 5) is 25.2. The third-order valence-corrected chi connectivity index (χ3v) is 3.99. The lowest BCUT2D eigenvalue weighted by molar-refractivity contribution is -0.155. The van der Waals surface area contributed by atoms with E-state index in [2.05, 4.69) is 0 Å². The number of carbonyl (C=O) groups excluding carboxylic acids is 1. The van der Waals surface area contributed by atoms with Gasteiger partial charge in [0.15, 0.2) is 0 Å². The zero-order chi connectivity index (χ0) is 13.8. The highest BCUT2D eigenvalue weighted by Gasteiger charge is 2.41. The summed E-state index contributed by atoms with van der Waals surface area (Å²) in [5, 5.41) is 9.36. The SMILES string of the molecule is CCC1(C(=O)O)CCCN(C(=O)CC(C)CN)C1. The molecule has 1 heterocycles. The molecule has 1 aliphatic rings. The minimum absolute atomic E-state index is 0.0340. The second-order valence-electron chi connectivity index (χ2n) is 5.40. The number of nitrogens with zero attached hydrogens (tertiary/aromatic N) is 1. The van der Waals surface area contributed by atoms with E-state index in [0.717, 1.165) is 6.42 Å². The summed E-state index contributed by atoms with van der Waals surface area (Å²) in [6, 6.07) is 0. The van der Waals surface area contributed by atoms with Crippen LogP contribution in [0.3, 0.4) is 0 Å². The molecule has 2 unspecified atom stereocenters. The number of carboxylic acids is 1. The molecule has 5 nitrogen and oxygen atoms in total. The Bertz CT molecular complexity index is 319. The minimum Gasteiger partial charge on any atom is -0.481 e. The van der Waals surface area contributed by atoms with Gasteiger partial charge in [0.1, 0.15) is 0 Å². The first-order valence-corrected chi connectivity index (χ1v) is 6.66. The van der Waals surface area contributed by atoms with Gasteiger partial charge in [-0.25, -0.2) is 0 Å². The van der Waals surface area contributed by atoms with E-state index >= 15 is 0 Å².